The second kappa shape index (κ2) is 32.3. The van der Waals surface area contributed by atoms with Gasteiger partial charge in [0.1, 0.15) is 25.3 Å². The Morgan fingerprint density at radius 3 is 1.54 bits per heavy atom. The second-order valence-electron chi connectivity index (χ2n) is 33.4. The van der Waals surface area contributed by atoms with Crippen molar-refractivity contribution < 1.29 is 94.6 Å². The van der Waals surface area contributed by atoms with E-state index in [0.29, 0.717) is 80.7 Å². The number of fused-ring (bicyclic) bond motifs is 2. The summed E-state index contributed by atoms with van der Waals surface area (Å²) in [5.74, 6) is 0.236. The summed E-state index contributed by atoms with van der Waals surface area (Å²) in [6.45, 7) is 28.9. The summed E-state index contributed by atoms with van der Waals surface area (Å²) in [4.78, 5) is 12.4. The molecule has 2 aromatic rings. The van der Waals surface area contributed by atoms with Gasteiger partial charge in [-0.1, -0.05) is 168 Å². The lowest BCUT2D eigenvalue weighted by atomic mass is 9.61. The third-order valence-electron chi connectivity index (χ3n) is 23.7. The predicted octanol–water partition coefficient (Wildman–Crippen LogP) is 22.5. The summed E-state index contributed by atoms with van der Waals surface area (Å²) in [6.07, 6.45) is -1.43. The van der Waals surface area contributed by atoms with Crippen molar-refractivity contribution in [3.05, 3.63) is 168 Å². The van der Waals surface area contributed by atoms with Crippen LogP contribution >= 0.6 is 7.14 Å². The number of aliphatic hydroxyl groups is 2. The molecule has 105 heavy (non-hydrogen) atoms. The molecule has 1 saturated heterocycles. The molecule has 7 fully saturated rings. The number of hydrogen-bond acceptors (Lipinski definition) is 7. The molecule has 0 bridgehead atoms. The van der Waals surface area contributed by atoms with Crippen molar-refractivity contribution in [3.63, 3.8) is 0 Å². The fourth-order valence-electron chi connectivity index (χ4n) is 16.5. The van der Waals surface area contributed by atoms with E-state index in [9.17, 15) is 81.0 Å². The number of carbonyl (C=O) groups excluding carboxylic acids is 1. The van der Waals surface area contributed by atoms with Crippen LogP contribution in [0.15, 0.2) is 168 Å². The first kappa shape index (κ1) is 85.9. The summed E-state index contributed by atoms with van der Waals surface area (Å²) in [5, 5.41) is 21.1. The fraction of sp³-hybridized carbons (Fsp3) is 0.617. The molecule has 24 heteroatoms. The van der Waals surface area contributed by atoms with Crippen LogP contribution in [0.1, 0.15) is 163 Å². The average molecular weight is 1550 g/mol. The van der Waals surface area contributed by atoms with Crippen LogP contribution in [-0.2, 0) is 22.9 Å². The summed E-state index contributed by atoms with van der Waals surface area (Å²) >= 11 is 0. The molecule has 0 amide bonds. The Labute approximate surface area is 613 Å². The van der Waals surface area contributed by atoms with Crippen LogP contribution in [-0.4, -0.2) is 112 Å². The topological polar surface area (TPSA) is 102 Å². The van der Waals surface area contributed by atoms with Crippen LogP contribution in [0.25, 0.3) is 0 Å². The first-order valence-electron chi connectivity index (χ1n) is 36.8. The van der Waals surface area contributed by atoms with E-state index in [4.69, 9.17) is 13.6 Å². The van der Waals surface area contributed by atoms with Crippen molar-refractivity contribution in [1.82, 2.24) is 0 Å². The van der Waals surface area contributed by atoms with E-state index in [1.807, 2.05) is 91.9 Å². The smallest absolute Gasteiger partial charge is 0.413 e. The SMILES string of the molecule is C1CCOC1.C=C1/C(=C\C=C2/CCC[C@]3(C)C(C4(C/C=C/C(O)(C(F)(F)F)C(F)(F)F)CC4)=CCC23)CC(O)C[C@@H]1F.C=C1/C(=C\CP(=O)(c2ccccc2)c2ccccc2)C[C@@H](O[Si](C)(C)C(C)(C)C)C[C@@H]1F.C[C@]12CCCC(=O)C1CC=C2C1(C/C=C/C(O[Si](C)(C)C)(C(F)(F)F)C(F)(F)F)CC1. The Balaban J connectivity index is 0.000000193. The highest BCUT2D eigenvalue weighted by atomic mass is 31.2. The van der Waals surface area contributed by atoms with Crippen LogP contribution < -0.4 is 10.6 Å². The Morgan fingerprint density at radius 1 is 0.619 bits per heavy atom. The van der Waals surface area contributed by atoms with E-state index in [1.165, 1.54) is 38.1 Å². The number of Topliss-reactive ketones (excluding diaryl/α,β-unsaturated/α-hetero) is 1. The molecule has 8 aliphatic carbocycles. The standard InChI is InChI=1S/C28H33F7O2.C27H36FO2PSi.C22H30F6O2Si.C4H8O/c1-17-19(15-20(36)16-22(17)29)7-6-18-5-3-10-24(2)21(18)8-9-23(24)25(13-14-25)11-4-12-26(37,27(30,31)32)28(33,34)35;1-21-22(19-23(20-26(21)28)30-32(5,6)27(2,3)4)17-18-31(29,24-13-9-7-10-14-24)25-15-11-8-12-16-25;1-18-10-5-7-16(29)15(18)8-9-17(18)19(13-14-19)11-6-12-20(21(23,24)25,22(26,27)28)30-31(2,3)4;1-2-4-5-3-1/h4,6-7,9,12,20-22,36-37H,1,3,5,8,10-11,13-16H2,2H3;7-17,23,26H,1,18-20H2,2-6H3;6,9,12,15H,5,7-8,10-11,13-14H2,1-4H3;1-4H2/b12-4+,18-6+,19-7-;22-17-;12-6+;/t20?,21?,22-,24-;23-,26+;15?,18-;/m010./s1. The largest absolute Gasteiger partial charge is 0.429 e. The molecule has 0 spiro atoms. The van der Waals surface area contributed by atoms with E-state index < -0.39 is 89.0 Å². The highest BCUT2D eigenvalue weighted by Gasteiger charge is 2.72. The van der Waals surface area contributed by atoms with Gasteiger partial charge in [0.2, 0.25) is 0 Å². The van der Waals surface area contributed by atoms with Gasteiger partial charge < -0.3 is 28.4 Å². The summed E-state index contributed by atoms with van der Waals surface area (Å²) < 4.78 is 220. The number of alkyl halides is 14. The van der Waals surface area contributed by atoms with Gasteiger partial charge in [0.25, 0.3) is 11.2 Å². The molecule has 0 radical (unpaired) electrons. The average Bonchev–Trinajstić information content (AvgIpc) is 1.56. The maximum atomic E-state index is 14.9. The molecule has 7 nitrogen and oxygen atoms in total. The summed E-state index contributed by atoms with van der Waals surface area (Å²) in [5.41, 5.74) is -5.01. The van der Waals surface area contributed by atoms with Crippen LogP contribution in [0, 0.1) is 33.5 Å². The lowest BCUT2D eigenvalue weighted by Crippen LogP contribution is -2.61. The zero-order valence-corrected chi connectivity index (χ0v) is 65.2. The van der Waals surface area contributed by atoms with E-state index in [1.54, 1.807) is 0 Å². The van der Waals surface area contributed by atoms with Crippen LogP contribution in [0.2, 0.25) is 37.8 Å². The van der Waals surface area contributed by atoms with Crippen molar-refractivity contribution >= 4 is 40.2 Å². The molecule has 6 saturated carbocycles. The normalized spacial score (nSPS) is 28.7. The number of halogens is 14. The molecular formula is C81H107F14O7PSi2. The first-order valence-corrected chi connectivity index (χ1v) is 45.1. The number of aliphatic hydroxyl groups excluding tert-OH is 1. The van der Waals surface area contributed by atoms with Gasteiger partial charge >= 0.3 is 24.7 Å². The Morgan fingerprint density at radius 2 is 1.09 bits per heavy atom. The van der Waals surface area contributed by atoms with Gasteiger partial charge in [-0.15, -0.1) is 0 Å². The van der Waals surface area contributed by atoms with Gasteiger partial charge in [-0.25, -0.2) is 8.78 Å². The third kappa shape index (κ3) is 19.2. The minimum Gasteiger partial charge on any atom is -0.413 e. The predicted molar refractivity (Wildman–Crippen MR) is 392 cm³/mol. The molecular weight excluding hydrogens is 1440 g/mol. The first-order chi connectivity index (χ1) is 48.5. The van der Waals surface area contributed by atoms with Crippen molar-refractivity contribution in [3.8, 4) is 0 Å². The van der Waals surface area contributed by atoms with Gasteiger partial charge in [0, 0.05) is 55.2 Å². The monoisotopic (exact) mass is 1540 g/mol. The van der Waals surface area contributed by atoms with Gasteiger partial charge in [-0.05, 0) is 209 Å². The number of rotatable bonds is 17. The number of carbonyl (C=O) groups is 1. The summed E-state index contributed by atoms with van der Waals surface area (Å²) in [6, 6.07) is 19.2. The maximum Gasteiger partial charge on any atom is 0.429 e. The Kier molecular flexibility index (Phi) is 26.4. The van der Waals surface area contributed by atoms with Crippen molar-refractivity contribution in [2.75, 3.05) is 19.4 Å². The fourth-order valence-corrected chi connectivity index (χ4v) is 21.6. The lowest BCUT2D eigenvalue weighted by molar-refractivity contribution is -0.347. The third-order valence-corrected chi connectivity index (χ3v) is 32.2. The Hall–Kier alpha value is -4.75. The number of hydrogen-bond donors (Lipinski definition) is 2. The number of benzene rings is 2. The van der Waals surface area contributed by atoms with E-state index >= 15 is 0 Å². The van der Waals surface area contributed by atoms with E-state index in [-0.39, 0.29) is 71.0 Å². The van der Waals surface area contributed by atoms with Crippen molar-refractivity contribution in [2.24, 2.45) is 33.5 Å². The van der Waals surface area contributed by atoms with Crippen LogP contribution in [0.4, 0.5) is 61.5 Å². The molecule has 3 unspecified atom stereocenters. The second-order valence-corrected chi connectivity index (χ2v) is 45.5. The zero-order chi connectivity index (χ0) is 78.1. The molecule has 1 aliphatic heterocycles. The minimum absolute atomic E-state index is 0.00564. The minimum atomic E-state index is -5.87. The number of ether oxygens (including phenoxy) is 1. The molecule has 0 aromatic heterocycles. The molecule has 9 aliphatic rings. The maximum absolute atomic E-state index is 14.9. The van der Waals surface area contributed by atoms with Crippen molar-refractivity contribution in [1.29, 1.82) is 0 Å². The van der Waals surface area contributed by atoms with Crippen LogP contribution in [0.5, 0.6) is 0 Å². The van der Waals surface area contributed by atoms with E-state index in [2.05, 4.69) is 60.0 Å². The van der Waals surface area contributed by atoms with Crippen LogP contribution in [0.3, 0.4) is 0 Å². The molecule has 2 aromatic carbocycles. The Bertz CT molecular complexity index is 3590. The van der Waals surface area contributed by atoms with Gasteiger partial charge in [0.15, 0.2) is 16.6 Å². The van der Waals surface area contributed by atoms with Crippen molar-refractivity contribution in [2.45, 2.75) is 261 Å². The molecule has 2 N–H and O–H groups in total. The summed E-state index contributed by atoms with van der Waals surface area (Å²) in [7, 11) is -8.11. The number of ketones is 1. The van der Waals surface area contributed by atoms with Gasteiger partial charge in [-0.3, -0.25) is 4.79 Å². The quantitative estimate of drug-likeness (QED) is 0.0704. The lowest BCUT2D eigenvalue weighted by Gasteiger charge is -2.43. The molecule has 8 atom stereocenters. The molecule has 1 heterocycles. The van der Waals surface area contributed by atoms with E-state index in [0.717, 1.165) is 91.2 Å². The number of allylic oxidation sites excluding steroid dienone is 12. The highest BCUT2D eigenvalue weighted by Crippen LogP contribution is 2.69. The van der Waals surface area contributed by atoms with Gasteiger partial charge in [-0.2, -0.15) is 52.7 Å². The zero-order valence-electron chi connectivity index (χ0n) is 62.3. The highest BCUT2D eigenvalue weighted by molar-refractivity contribution is 7.78. The molecule has 584 valence electrons. The molecule has 11 rings (SSSR count). The van der Waals surface area contributed by atoms with Gasteiger partial charge in [0.05, 0.1) is 12.2 Å².